The van der Waals surface area contributed by atoms with E-state index in [1.807, 2.05) is 36.4 Å². The normalized spacial score (nSPS) is 10.0. The smallest absolute Gasteiger partial charge is 0.338 e. The summed E-state index contributed by atoms with van der Waals surface area (Å²) in [4.78, 5) is 11.4. The molecule has 0 radical (unpaired) electrons. The number of carbonyl (C=O) groups is 1. The van der Waals surface area contributed by atoms with Crippen LogP contribution in [0.5, 0.6) is 5.75 Å². The quantitative estimate of drug-likeness (QED) is 0.470. The molecule has 0 N–H and O–H groups in total. The zero-order valence-electron chi connectivity index (χ0n) is 10.5. The van der Waals surface area contributed by atoms with Crippen molar-refractivity contribution < 1.29 is 9.53 Å². The first-order valence-electron chi connectivity index (χ1n) is 5.80. The molecule has 96 valence electrons. The summed E-state index contributed by atoms with van der Waals surface area (Å²) in [7, 11) is 0. The van der Waals surface area contributed by atoms with Gasteiger partial charge in [0.2, 0.25) is 0 Å². The SMILES string of the molecule is C=C(C)C(=O)Oc1ccc(-c2ccc(Br)cc2)cc1. The van der Waals surface area contributed by atoms with E-state index in [2.05, 4.69) is 22.5 Å². The molecule has 0 bridgehead atoms. The van der Waals surface area contributed by atoms with Crippen molar-refractivity contribution >= 4 is 21.9 Å². The van der Waals surface area contributed by atoms with Crippen LogP contribution in [0.4, 0.5) is 0 Å². The highest BCUT2D eigenvalue weighted by Gasteiger charge is 2.05. The third-order valence-electron chi connectivity index (χ3n) is 2.59. The number of esters is 1. The Hall–Kier alpha value is -1.87. The molecule has 2 nitrogen and oxygen atoms in total. The lowest BCUT2D eigenvalue weighted by molar-refractivity contribution is -0.130. The summed E-state index contributed by atoms with van der Waals surface area (Å²) < 4.78 is 6.18. The molecule has 0 aliphatic heterocycles. The Morgan fingerprint density at radius 2 is 1.47 bits per heavy atom. The van der Waals surface area contributed by atoms with Gasteiger partial charge in [-0.2, -0.15) is 0 Å². The van der Waals surface area contributed by atoms with Gasteiger partial charge in [0.25, 0.3) is 0 Å². The number of hydrogen-bond donors (Lipinski definition) is 0. The molecule has 0 saturated carbocycles. The van der Waals surface area contributed by atoms with Crippen molar-refractivity contribution in [1.29, 1.82) is 0 Å². The fourth-order valence-corrected chi connectivity index (χ4v) is 1.82. The zero-order chi connectivity index (χ0) is 13.8. The molecule has 0 spiro atoms. The highest BCUT2D eigenvalue weighted by molar-refractivity contribution is 9.10. The minimum atomic E-state index is -0.406. The second kappa shape index (κ2) is 5.85. The molecule has 2 aromatic rings. The number of ether oxygens (including phenoxy) is 1. The maximum atomic E-state index is 11.4. The first-order valence-corrected chi connectivity index (χ1v) is 6.59. The maximum absolute atomic E-state index is 11.4. The van der Waals surface area contributed by atoms with Gasteiger partial charge in [-0.05, 0) is 42.3 Å². The van der Waals surface area contributed by atoms with Gasteiger partial charge in [-0.3, -0.25) is 0 Å². The predicted octanol–water partition coefficient (Wildman–Crippen LogP) is 4.60. The van der Waals surface area contributed by atoms with Crippen LogP contribution in [0.15, 0.2) is 65.2 Å². The van der Waals surface area contributed by atoms with Gasteiger partial charge in [0.15, 0.2) is 0 Å². The Kier molecular flexibility index (Phi) is 4.17. The van der Waals surface area contributed by atoms with Crippen LogP contribution >= 0.6 is 15.9 Å². The second-order valence-corrected chi connectivity index (χ2v) is 5.12. The van der Waals surface area contributed by atoms with Crippen LogP contribution in [0.25, 0.3) is 11.1 Å². The Bertz CT molecular complexity index is 598. The molecule has 0 heterocycles. The molecule has 0 aliphatic carbocycles. The van der Waals surface area contributed by atoms with Crippen molar-refractivity contribution in [3.8, 4) is 16.9 Å². The Morgan fingerprint density at radius 1 is 1.00 bits per heavy atom. The molecular formula is C16H13BrO2. The van der Waals surface area contributed by atoms with Gasteiger partial charge in [0, 0.05) is 10.0 Å². The van der Waals surface area contributed by atoms with Gasteiger partial charge in [0.05, 0.1) is 0 Å². The van der Waals surface area contributed by atoms with Crippen molar-refractivity contribution in [3.05, 3.63) is 65.2 Å². The van der Waals surface area contributed by atoms with Crippen molar-refractivity contribution in [2.24, 2.45) is 0 Å². The molecule has 2 rings (SSSR count). The maximum Gasteiger partial charge on any atom is 0.338 e. The van der Waals surface area contributed by atoms with E-state index < -0.39 is 5.97 Å². The first kappa shape index (κ1) is 13.6. The highest BCUT2D eigenvalue weighted by atomic mass is 79.9. The van der Waals surface area contributed by atoms with Crippen LogP contribution in [0.1, 0.15) is 6.92 Å². The third kappa shape index (κ3) is 3.55. The van der Waals surface area contributed by atoms with Gasteiger partial charge in [0.1, 0.15) is 5.75 Å². The summed E-state index contributed by atoms with van der Waals surface area (Å²) in [6.07, 6.45) is 0. The number of halogens is 1. The standard InChI is InChI=1S/C16H13BrO2/c1-11(2)16(18)19-15-9-5-13(6-10-15)12-3-7-14(17)8-4-12/h3-10H,1H2,2H3. The van der Waals surface area contributed by atoms with Crippen molar-refractivity contribution in [2.45, 2.75) is 6.92 Å². The van der Waals surface area contributed by atoms with Gasteiger partial charge in [-0.25, -0.2) is 4.79 Å². The van der Waals surface area contributed by atoms with Crippen LogP contribution in [-0.2, 0) is 4.79 Å². The number of hydrogen-bond acceptors (Lipinski definition) is 2. The highest BCUT2D eigenvalue weighted by Crippen LogP contribution is 2.24. The summed E-state index contributed by atoms with van der Waals surface area (Å²) in [5.41, 5.74) is 2.57. The van der Waals surface area contributed by atoms with E-state index in [0.717, 1.165) is 15.6 Å². The molecule has 0 aliphatic rings. The monoisotopic (exact) mass is 316 g/mol. The minimum absolute atomic E-state index is 0.386. The van der Waals surface area contributed by atoms with E-state index in [9.17, 15) is 4.79 Å². The van der Waals surface area contributed by atoms with Crippen LogP contribution in [0, 0.1) is 0 Å². The molecule has 19 heavy (non-hydrogen) atoms. The average molecular weight is 317 g/mol. The lowest BCUT2D eigenvalue weighted by Crippen LogP contribution is -2.07. The van der Waals surface area contributed by atoms with Crippen LogP contribution < -0.4 is 4.74 Å². The van der Waals surface area contributed by atoms with Crippen LogP contribution in [-0.4, -0.2) is 5.97 Å². The second-order valence-electron chi connectivity index (χ2n) is 4.20. The van der Waals surface area contributed by atoms with Crippen molar-refractivity contribution in [3.63, 3.8) is 0 Å². The third-order valence-corrected chi connectivity index (χ3v) is 3.12. The Labute approximate surface area is 120 Å². The van der Waals surface area contributed by atoms with Gasteiger partial charge >= 0.3 is 5.97 Å². The molecule has 0 unspecified atom stereocenters. The number of rotatable bonds is 3. The zero-order valence-corrected chi connectivity index (χ0v) is 12.1. The summed E-state index contributed by atoms with van der Waals surface area (Å²) in [5, 5.41) is 0. The minimum Gasteiger partial charge on any atom is -0.423 e. The molecule has 0 amide bonds. The fraction of sp³-hybridized carbons (Fsp3) is 0.0625. The molecule has 0 fully saturated rings. The summed E-state index contributed by atoms with van der Waals surface area (Å²) in [6, 6.07) is 15.4. The van der Waals surface area contributed by atoms with E-state index in [4.69, 9.17) is 4.74 Å². The molecule has 0 atom stereocenters. The van der Waals surface area contributed by atoms with E-state index in [1.54, 1.807) is 19.1 Å². The molecule has 2 aromatic carbocycles. The lowest BCUT2D eigenvalue weighted by Gasteiger charge is -2.06. The molecular weight excluding hydrogens is 304 g/mol. The predicted molar refractivity (Wildman–Crippen MR) is 80.0 cm³/mol. The summed E-state index contributed by atoms with van der Waals surface area (Å²) in [5.74, 6) is 0.116. The Morgan fingerprint density at radius 3 is 1.95 bits per heavy atom. The first-order chi connectivity index (χ1) is 9.06. The van der Waals surface area contributed by atoms with Gasteiger partial charge in [-0.1, -0.05) is 46.8 Å². The molecule has 0 aromatic heterocycles. The fourth-order valence-electron chi connectivity index (χ4n) is 1.55. The topological polar surface area (TPSA) is 26.3 Å². The Balaban J connectivity index is 2.16. The average Bonchev–Trinajstić information content (AvgIpc) is 2.40. The molecule has 0 saturated heterocycles. The van der Waals surface area contributed by atoms with Crippen LogP contribution in [0.3, 0.4) is 0 Å². The van der Waals surface area contributed by atoms with Crippen LogP contribution in [0.2, 0.25) is 0 Å². The van der Waals surface area contributed by atoms with Gasteiger partial charge < -0.3 is 4.74 Å². The van der Waals surface area contributed by atoms with E-state index in [0.29, 0.717) is 11.3 Å². The lowest BCUT2D eigenvalue weighted by atomic mass is 10.1. The van der Waals surface area contributed by atoms with Gasteiger partial charge in [-0.15, -0.1) is 0 Å². The van der Waals surface area contributed by atoms with Crippen molar-refractivity contribution in [1.82, 2.24) is 0 Å². The van der Waals surface area contributed by atoms with E-state index >= 15 is 0 Å². The summed E-state index contributed by atoms with van der Waals surface area (Å²) >= 11 is 3.40. The number of benzene rings is 2. The van der Waals surface area contributed by atoms with E-state index in [1.165, 1.54) is 0 Å². The molecule has 3 heteroatoms. The largest absolute Gasteiger partial charge is 0.423 e. The van der Waals surface area contributed by atoms with Crippen molar-refractivity contribution in [2.75, 3.05) is 0 Å². The number of carbonyl (C=O) groups excluding carboxylic acids is 1. The van der Waals surface area contributed by atoms with E-state index in [-0.39, 0.29) is 0 Å². The summed E-state index contributed by atoms with van der Waals surface area (Å²) in [6.45, 7) is 5.17.